The second-order valence-corrected chi connectivity index (χ2v) is 10.2. The standard InChI is InChI=1S/C27H34N8O/c1-33-13-15-34(16-14-33)26-31-24-10-9-22(19-35(24)32-26)21-7-5-20(6-8-21)17-23(18-28)30-25(36)27(29)11-3-2-4-12-27/h5-10,19,23H,2-4,11-17,29H2,1H3,(H,30,36). The lowest BCUT2D eigenvalue weighted by Crippen LogP contribution is -2.57. The Bertz CT molecular complexity index is 1250. The van der Waals surface area contributed by atoms with E-state index in [1.54, 1.807) is 0 Å². The van der Waals surface area contributed by atoms with Gasteiger partial charge in [-0.2, -0.15) is 10.2 Å². The van der Waals surface area contributed by atoms with Crippen molar-refractivity contribution in [1.29, 1.82) is 5.26 Å². The van der Waals surface area contributed by atoms with Gasteiger partial charge in [0.2, 0.25) is 11.9 Å². The molecule has 1 saturated heterocycles. The predicted octanol–water partition coefficient (Wildman–Crippen LogP) is 2.36. The number of anilines is 1. The van der Waals surface area contributed by atoms with E-state index >= 15 is 0 Å². The minimum Gasteiger partial charge on any atom is -0.338 e. The third-order valence-electron chi connectivity index (χ3n) is 7.49. The number of nitrogens with zero attached hydrogens (tertiary/aromatic N) is 6. The molecule has 0 spiro atoms. The molecular formula is C27H34N8O. The van der Waals surface area contributed by atoms with Crippen molar-refractivity contribution >= 4 is 17.5 Å². The SMILES string of the molecule is CN1CCN(c2nc3ccc(-c4ccc(CC(C#N)NC(=O)C5(N)CCCCC5)cc4)cn3n2)CC1. The molecule has 5 rings (SSSR count). The maximum absolute atomic E-state index is 12.7. The number of aromatic nitrogens is 3. The number of fused-ring (bicyclic) bond motifs is 1. The zero-order valence-electron chi connectivity index (χ0n) is 20.9. The highest BCUT2D eigenvalue weighted by molar-refractivity contribution is 5.86. The number of hydrogen-bond donors (Lipinski definition) is 2. The van der Waals surface area contributed by atoms with Crippen LogP contribution in [0.25, 0.3) is 16.8 Å². The summed E-state index contributed by atoms with van der Waals surface area (Å²) in [6.07, 6.45) is 6.83. The summed E-state index contributed by atoms with van der Waals surface area (Å²) in [6, 6.07) is 13.7. The van der Waals surface area contributed by atoms with Crippen molar-refractivity contribution in [2.45, 2.75) is 50.1 Å². The third-order valence-corrected chi connectivity index (χ3v) is 7.49. The molecule has 2 aliphatic rings. The number of nitrogens with two attached hydrogens (primary N) is 1. The van der Waals surface area contributed by atoms with Crippen LogP contribution in [0.15, 0.2) is 42.6 Å². The second-order valence-electron chi connectivity index (χ2n) is 10.2. The molecule has 3 N–H and O–H groups in total. The van der Waals surface area contributed by atoms with Gasteiger partial charge < -0.3 is 20.9 Å². The van der Waals surface area contributed by atoms with Gasteiger partial charge in [0.15, 0.2) is 5.65 Å². The highest BCUT2D eigenvalue weighted by Crippen LogP contribution is 2.26. The average molecular weight is 487 g/mol. The first kappa shape index (κ1) is 24.2. The molecule has 1 amide bonds. The molecule has 0 radical (unpaired) electrons. The summed E-state index contributed by atoms with van der Waals surface area (Å²) < 4.78 is 1.84. The molecule has 36 heavy (non-hydrogen) atoms. The summed E-state index contributed by atoms with van der Waals surface area (Å²) in [7, 11) is 2.13. The molecule has 2 fully saturated rings. The molecule has 1 aromatic carbocycles. The molecule has 1 aliphatic carbocycles. The molecular weight excluding hydrogens is 452 g/mol. The molecule has 1 aliphatic heterocycles. The highest BCUT2D eigenvalue weighted by Gasteiger charge is 2.36. The first-order valence-corrected chi connectivity index (χ1v) is 12.8. The zero-order chi connectivity index (χ0) is 25.1. The molecule has 2 aromatic heterocycles. The van der Waals surface area contributed by atoms with Gasteiger partial charge in [-0.05, 0) is 43.1 Å². The Morgan fingerprint density at radius 1 is 1.08 bits per heavy atom. The van der Waals surface area contributed by atoms with E-state index in [1.807, 2.05) is 41.0 Å². The molecule has 0 bridgehead atoms. The lowest BCUT2D eigenvalue weighted by Gasteiger charge is -2.32. The second kappa shape index (κ2) is 10.2. The lowest BCUT2D eigenvalue weighted by molar-refractivity contribution is -0.127. The molecule has 3 heterocycles. The number of hydrogen-bond acceptors (Lipinski definition) is 7. The Balaban J connectivity index is 1.25. The maximum Gasteiger partial charge on any atom is 0.245 e. The van der Waals surface area contributed by atoms with Crippen LogP contribution in [0.5, 0.6) is 0 Å². The van der Waals surface area contributed by atoms with E-state index in [0.717, 1.165) is 73.7 Å². The van der Waals surface area contributed by atoms with Crippen molar-refractivity contribution < 1.29 is 4.79 Å². The van der Waals surface area contributed by atoms with Crippen LogP contribution in [0.1, 0.15) is 37.7 Å². The van der Waals surface area contributed by atoms with Gasteiger partial charge in [-0.3, -0.25) is 4.79 Å². The van der Waals surface area contributed by atoms with Crippen molar-refractivity contribution in [3.63, 3.8) is 0 Å². The predicted molar refractivity (Wildman–Crippen MR) is 139 cm³/mol. The van der Waals surface area contributed by atoms with Gasteiger partial charge in [0.1, 0.15) is 6.04 Å². The Morgan fingerprint density at radius 2 is 1.78 bits per heavy atom. The minimum atomic E-state index is -0.846. The average Bonchev–Trinajstić information content (AvgIpc) is 3.33. The van der Waals surface area contributed by atoms with Crippen LogP contribution in [-0.4, -0.2) is 70.2 Å². The largest absolute Gasteiger partial charge is 0.338 e. The topological polar surface area (TPSA) is 116 Å². The van der Waals surface area contributed by atoms with Crippen LogP contribution in [0.2, 0.25) is 0 Å². The molecule has 1 saturated carbocycles. The Kier molecular flexibility index (Phi) is 6.90. The summed E-state index contributed by atoms with van der Waals surface area (Å²) in [5.74, 6) is 0.565. The van der Waals surface area contributed by atoms with Crippen LogP contribution in [0.4, 0.5) is 5.95 Å². The van der Waals surface area contributed by atoms with Crippen molar-refractivity contribution in [3.05, 3.63) is 48.2 Å². The zero-order valence-corrected chi connectivity index (χ0v) is 20.9. The normalized spacial score (nSPS) is 19.1. The van der Waals surface area contributed by atoms with Crippen LogP contribution < -0.4 is 16.0 Å². The van der Waals surface area contributed by atoms with Crippen LogP contribution in [0.3, 0.4) is 0 Å². The quantitative estimate of drug-likeness (QED) is 0.549. The van der Waals surface area contributed by atoms with Gasteiger partial charge in [0.25, 0.3) is 0 Å². The smallest absolute Gasteiger partial charge is 0.245 e. The number of pyridine rings is 1. The number of rotatable bonds is 6. The monoisotopic (exact) mass is 486 g/mol. The van der Waals surface area contributed by atoms with E-state index in [1.165, 1.54) is 0 Å². The number of nitrogens with one attached hydrogen (secondary N) is 1. The lowest BCUT2D eigenvalue weighted by atomic mass is 9.81. The Labute approximate surface area is 211 Å². The van der Waals surface area contributed by atoms with E-state index < -0.39 is 11.6 Å². The molecule has 188 valence electrons. The molecule has 9 heteroatoms. The van der Waals surface area contributed by atoms with Gasteiger partial charge in [-0.1, -0.05) is 43.5 Å². The van der Waals surface area contributed by atoms with Gasteiger partial charge >= 0.3 is 0 Å². The summed E-state index contributed by atoms with van der Waals surface area (Å²) in [5, 5.41) is 17.2. The number of carbonyl (C=O) groups is 1. The summed E-state index contributed by atoms with van der Waals surface area (Å²) >= 11 is 0. The number of likely N-dealkylation sites (N-methyl/N-ethyl adjacent to an activating group) is 1. The van der Waals surface area contributed by atoms with Crippen molar-refractivity contribution in [2.24, 2.45) is 5.73 Å². The number of benzene rings is 1. The highest BCUT2D eigenvalue weighted by atomic mass is 16.2. The fourth-order valence-electron chi connectivity index (χ4n) is 5.09. The van der Waals surface area contributed by atoms with E-state index in [2.05, 4.69) is 34.3 Å². The van der Waals surface area contributed by atoms with Gasteiger partial charge in [0.05, 0.1) is 11.6 Å². The molecule has 1 unspecified atom stereocenters. The van der Waals surface area contributed by atoms with E-state index in [0.29, 0.717) is 19.3 Å². The number of amides is 1. The summed E-state index contributed by atoms with van der Waals surface area (Å²) in [4.78, 5) is 22.0. The number of nitriles is 1. The molecule has 9 nitrogen and oxygen atoms in total. The molecule has 1 atom stereocenters. The van der Waals surface area contributed by atoms with Crippen LogP contribution in [0, 0.1) is 11.3 Å². The van der Waals surface area contributed by atoms with Crippen molar-refractivity contribution in [3.8, 4) is 17.2 Å². The summed E-state index contributed by atoms with van der Waals surface area (Å²) in [6.45, 7) is 3.88. The van der Waals surface area contributed by atoms with Crippen LogP contribution in [-0.2, 0) is 11.2 Å². The van der Waals surface area contributed by atoms with Gasteiger partial charge in [0, 0.05) is 44.4 Å². The third kappa shape index (κ3) is 5.20. The minimum absolute atomic E-state index is 0.206. The first-order chi connectivity index (χ1) is 17.4. The van der Waals surface area contributed by atoms with E-state index in [9.17, 15) is 10.1 Å². The number of piperazine rings is 1. The van der Waals surface area contributed by atoms with Gasteiger partial charge in [-0.15, -0.1) is 5.10 Å². The fourth-order valence-corrected chi connectivity index (χ4v) is 5.09. The number of carbonyl (C=O) groups excluding carboxylic acids is 1. The maximum atomic E-state index is 12.7. The van der Waals surface area contributed by atoms with E-state index in [-0.39, 0.29) is 5.91 Å². The van der Waals surface area contributed by atoms with Crippen molar-refractivity contribution in [2.75, 3.05) is 38.1 Å². The Hall–Kier alpha value is -3.48. The van der Waals surface area contributed by atoms with Crippen molar-refractivity contribution in [1.82, 2.24) is 24.8 Å². The first-order valence-electron chi connectivity index (χ1n) is 12.8. The van der Waals surface area contributed by atoms with Gasteiger partial charge in [-0.25, -0.2) is 4.52 Å². The van der Waals surface area contributed by atoms with Crippen LogP contribution >= 0.6 is 0 Å². The fraction of sp³-hybridized carbons (Fsp3) is 0.481. The summed E-state index contributed by atoms with van der Waals surface area (Å²) in [5.41, 5.74) is 9.39. The van der Waals surface area contributed by atoms with E-state index in [4.69, 9.17) is 15.8 Å². The Morgan fingerprint density at radius 3 is 2.47 bits per heavy atom. The molecule has 3 aromatic rings.